The van der Waals surface area contributed by atoms with Gasteiger partial charge in [0.25, 0.3) is 23.6 Å². The van der Waals surface area contributed by atoms with Crippen LogP contribution in [-0.4, -0.2) is 70.8 Å². The molecule has 1 aromatic heterocycles. The fraction of sp³-hybridized carbons (Fsp3) is 0.0769. The largest absolute Gasteiger partial charge is 0.455 e. The van der Waals surface area contributed by atoms with Gasteiger partial charge in [-0.05, 0) is 52.7 Å². The molecule has 6 amide bonds. The summed E-state index contributed by atoms with van der Waals surface area (Å²) in [5, 5.41) is 11.7. The van der Waals surface area contributed by atoms with Gasteiger partial charge in [0, 0.05) is 6.92 Å². The first-order chi connectivity index (χ1) is 25.7. The Balaban J connectivity index is 0.000000174. The average molecular weight is 708 g/mol. The third-order valence-electron chi connectivity index (χ3n) is 8.44. The Morgan fingerprint density at radius 2 is 0.943 bits per heavy atom. The van der Waals surface area contributed by atoms with Crippen LogP contribution in [0.25, 0.3) is 11.0 Å². The van der Waals surface area contributed by atoms with E-state index in [0.717, 1.165) is 25.4 Å². The second-order valence-electron chi connectivity index (χ2n) is 11.8. The molecule has 6 aromatic rings. The third kappa shape index (κ3) is 6.59. The van der Waals surface area contributed by atoms with Crippen molar-refractivity contribution in [1.82, 2.24) is 35.2 Å². The number of rotatable bonds is 7. The molecule has 0 radical (unpaired) electrons. The minimum atomic E-state index is -0.950. The van der Waals surface area contributed by atoms with Crippen molar-refractivity contribution in [2.24, 2.45) is 0 Å². The number of para-hydroxylation sites is 1. The Morgan fingerprint density at radius 1 is 0.547 bits per heavy atom. The molecule has 3 heterocycles. The van der Waals surface area contributed by atoms with Crippen molar-refractivity contribution in [1.29, 1.82) is 0 Å². The summed E-state index contributed by atoms with van der Waals surface area (Å²) in [7, 11) is 0. The Labute approximate surface area is 301 Å². The predicted molar refractivity (Wildman–Crippen MR) is 188 cm³/mol. The number of nitrogens with zero attached hydrogens (tertiary/aromatic N) is 7. The minimum Gasteiger partial charge on any atom is -0.296 e. The molecule has 5 aromatic carbocycles. The van der Waals surface area contributed by atoms with E-state index in [0.29, 0.717) is 27.7 Å². The molecule has 0 N–H and O–H groups in total. The second kappa shape index (κ2) is 14.4. The van der Waals surface area contributed by atoms with Crippen LogP contribution in [0.2, 0.25) is 0 Å². The summed E-state index contributed by atoms with van der Waals surface area (Å²) < 4.78 is 0. The first kappa shape index (κ1) is 34.0. The number of hydrogen-bond acceptors (Lipinski definition) is 9. The number of fused-ring (bicyclic) bond motifs is 3. The van der Waals surface area contributed by atoms with E-state index < -0.39 is 29.7 Å². The molecule has 0 bridgehead atoms. The van der Waals surface area contributed by atoms with Crippen molar-refractivity contribution in [3.05, 3.63) is 167 Å². The summed E-state index contributed by atoms with van der Waals surface area (Å²) in [5.74, 6) is -2.49. The van der Waals surface area contributed by atoms with E-state index in [1.54, 1.807) is 97.1 Å². The van der Waals surface area contributed by atoms with E-state index in [-0.39, 0.29) is 30.1 Å². The van der Waals surface area contributed by atoms with E-state index >= 15 is 0 Å². The first-order valence-corrected chi connectivity index (χ1v) is 16.3. The maximum atomic E-state index is 13.2. The van der Waals surface area contributed by atoms with Crippen molar-refractivity contribution in [2.75, 3.05) is 0 Å². The highest BCUT2D eigenvalue weighted by atomic mass is 16.7. The number of imide groups is 2. The van der Waals surface area contributed by atoms with E-state index in [2.05, 4.69) is 10.3 Å². The molecule has 14 heteroatoms. The summed E-state index contributed by atoms with van der Waals surface area (Å²) in [4.78, 5) is 82.3. The molecule has 0 atom stereocenters. The molecule has 0 unspecified atom stereocenters. The molecule has 2 aliphatic heterocycles. The highest BCUT2D eigenvalue weighted by Gasteiger charge is 2.43. The topological polar surface area (TPSA) is 155 Å². The van der Waals surface area contributed by atoms with Gasteiger partial charge >= 0.3 is 6.09 Å². The molecular formula is C39H29N7O7. The van der Waals surface area contributed by atoms with Crippen LogP contribution in [0.4, 0.5) is 4.79 Å². The molecule has 0 spiro atoms. The summed E-state index contributed by atoms with van der Waals surface area (Å²) in [6.07, 6.45) is -0.950. The Kier molecular flexibility index (Phi) is 9.24. The molecule has 8 rings (SSSR count). The SMILES string of the molecule is CC(=O)N(Cc1ccccc1)N1C(=O)c2ccccc2C1=O.O=C(On1nnc2ccccc21)N(Cc1ccccc1)N1C(=O)c2ccccc2C1=O. The fourth-order valence-corrected chi connectivity index (χ4v) is 5.88. The lowest BCUT2D eigenvalue weighted by molar-refractivity contribution is -0.140. The summed E-state index contributed by atoms with van der Waals surface area (Å²) >= 11 is 0. The number of carbonyl (C=O) groups is 6. The van der Waals surface area contributed by atoms with Gasteiger partial charge in [0.15, 0.2) is 0 Å². The molecule has 53 heavy (non-hydrogen) atoms. The smallest absolute Gasteiger partial charge is 0.296 e. The van der Waals surface area contributed by atoms with Gasteiger partial charge in [0.2, 0.25) is 5.91 Å². The van der Waals surface area contributed by atoms with E-state index in [9.17, 15) is 28.8 Å². The number of amides is 6. The van der Waals surface area contributed by atoms with Gasteiger partial charge in [-0.1, -0.05) is 102 Å². The van der Waals surface area contributed by atoms with Crippen molar-refractivity contribution in [2.45, 2.75) is 20.0 Å². The second-order valence-corrected chi connectivity index (χ2v) is 11.8. The fourth-order valence-electron chi connectivity index (χ4n) is 5.88. The van der Waals surface area contributed by atoms with Crippen LogP contribution >= 0.6 is 0 Å². The van der Waals surface area contributed by atoms with Crippen LogP contribution in [0.1, 0.15) is 59.5 Å². The molecule has 0 saturated carbocycles. The summed E-state index contributed by atoms with van der Waals surface area (Å²) in [6, 6.07) is 38.2. The molecule has 0 fully saturated rings. The molecule has 14 nitrogen and oxygen atoms in total. The lowest BCUT2D eigenvalue weighted by Crippen LogP contribution is -2.51. The van der Waals surface area contributed by atoms with Gasteiger partial charge in [0.1, 0.15) is 11.0 Å². The van der Waals surface area contributed by atoms with Crippen LogP contribution in [0.3, 0.4) is 0 Å². The van der Waals surface area contributed by atoms with Crippen molar-refractivity contribution >= 4 is 46.7 Å². The predicted octanol–water partition coefficient (Wildman–Crippen LogP) is 4.94. The number of carbonyl (C=O) groups excluding carboxylic acids is 6. The number of hydrazine groups is 2. The zero-order chi connectivity index (χ0) is 37.1. The van der Waals surface area contributed by atoms with Crippen molar-refractivity contribution < 1.29 is 33.6 Å². The number of aromatic nitrogens is 3. The van der Waals surface area contributed by atoms with E-state index in [1.165, 1.54) is 11.9 Å². The summed E-state index contributed by atoms with van der Waals surface area (Å²) in [5.41, 5.74) is 3.66. The van der Waals surface area contributed by atoms with Gasteiger partial charge in [-0.15, -0.1) is 5.10 Å². The van der Waals surface area contributed by atoms with Crippen LogP contribution in [0.15, 0.2) is 133 Å². The van der Waals surface area contributed by atoms with E-state index in [1.807, 2.05) is 36.4 Å². The van der Waals surface area contributed by atoms with Gasteiger partial charge in [-0.2, -0.15) is 10.0 Å². The molecular weight excluding hydrogens is 678 g/mol. The maximum absolute atomic E-state index is 13.2. The maximum Gasteiger partial charge on any atom is 0.455 e. The zero-order valence-corrected chi connectivity index (χ0v) is 28.1. The van der Waals surface area contributed by atoms with E-state index in [4.69, 9.17) is 4.84 Å². The van der Waals surface area contributed by atoms with Crippen molar-refractivity contribution in [3.8, 4) is 0 Å². The van der Waals surface area contributed by atoms with Gasteiger partial charge < -0.3 is 0 Å². The summed E-state index contributed by atoms with van der Waals surface area (Å²) in [6.45, 7) is 1.45. The minimum absolute atomic E-state index is 0.0578. The standard InChI is InChI=1S/C22H15N5O4.C17H14N2O3/c28-20-16-10-4-5-11-17(16)21(29)26(20)25(14-15-8-2-1-3-9-15)22(30)31-27-19-13-7-6-12-18(19)23-24-27;1-12(20)18(11-13-7-3-2-4-8-13)19-16(21)14-9-5-6-10-15(14)17(19)22/h1-13H,14H2;2-10H,11H2,1H3. The molecule has 2 aliphatic rings. The highest BCUT2D eigenvalue weighted by Crippen LogP contribution is 2.27. The first-order valence-electron chi connectivity index (χ1n) is 16.3. The van der Waals surface area contributed by atoms with Gasteiger partial charge in [0.05, 0.1) is 35.3 Å². The highest BCUT2D eigenvalue weighted by molar-refractivity contribution is 6.22. The van der Waals surface area contributed by atoms with Gasteiger partial charge in [-0.3, -0.25) is 28.8 Å². The van der Waals surface area contributed by atoms with Gasteiger partial charge in [-0.25, -0.2) is 14.8 Å². The zero-order valence-electron chi connectivity index (χ0n) is 28.1. The third-order valence-corrected chi connectivity index (χ3v) is 8.44. The average Bonchev–Trinajstić information content (AvgIpc) is 3.79. The molecule has 0 aliphatic carbocycles. The van der Waals surface area contributed by atoms with Crippen LogP contribution in [0, 0.1) is 0 Å². The quantitative estimate of drug-likeness (QED) is 0.166. The Morgan fingerprint density at radius 3 is 1.42 bits per heavy atom. The molecule has 0 saturated heterocycles. The van der Waals surface area contributed by atoms with Crippen LogP contribution in [-0.2, 0) is 17.9 Å². The number of hydrogen-bond donors (Lipinski definition) is 0. The molecule has 262 valence electrons. The normalized spacial score (nSPS) is 13.0. The van der Waals surface area contributed by atoms with Crippen LogP contribution < -0.4 is 4.84 Å². The number of benzene rings is 5. The lowest BCUT2D eigenvalue weighted by atomic mass is 10.1. The van der Waals surface area contributed by atoms with Crippen LogP contribution in [0.5, 0.6) is 0 Å². The monoisotopic (exact) mass is 707 g/mol. The Hall–Kier alpha value is -7.48. The lowest BCUT2D eigenvalue weighted by Gasteiger charge is -2.28. The van der Waals surface area contributed by atoms with Crippen molar-refractivity contribution in [3.63, 3.8) is 0 Å². The Bertz CT molecular complexity index is 2330.